The van der Waals surface area contributed by atoms with E-state index in [0.717, 1.165) is 32.7 Å². The molecule has 0 radical (unpaired) electrons. The largest absolute Gasteiger partial charge is 0.378 e. The Morgan fingerprint density at radius 2 is 1.86 bits per heavy atom. The smallest absolute Gasteiger partial charge is 0.0642 e. The van der Waals surface area contributed by atoms with E-state index < -0.39 is 0 Å². The summed E-state index contributed by atoms with van der Waals surface area (Å²) < 4.78 is 5.36. The monoisotopic (exact) mass is 197 g/mol. The van der Waals surface area contributed by atoms with E-state index >= 15 is 0 Å². The topological polar surface area (TPSA) is 12.5 Å². The minimum Gasteiger partial charge on any atom is -0.378 e. The first-order chi connectivity index (χ1) is 6.53. The summed E-state index contributed by atoms with van der Waals surface area (Å²) in [5, 5.41) is 0. The van der Waals surface area contributed by atoms with Crippen LogP contribution in [0.15, 0.2) is 11.8 Å². The Kier molecular flexibility index (Phi) is 3.99. The van der Waals surface area contributed by atoms with Crippen LogP contribution in [0.3, 0.4) is 0 Å². The third-order valence-corrected chi connectivity index (χ3v) is 2.38. The molecule has 0 aliphatic carbocycles. The molecule has 82 valence electrons. The van der Waals surface area contributed by atoms with Gasteiger partial charge in [0.15, 0.2) is 0 Å². The maximum Gasteiger partial charge on any atom is 0.0642 e. The van der Waals surface area contributed by atoms with Gasteiger partial charge < -0.3 is 9.64 Å². The van der Waals surface area contributed by atoms with Crippen molar-refractivity contribution in [2.45, 2.75) is 34.1 Å². The summed E-state index contributed by atoms with van der Waals surface area (Å²) in [6.45, 7) is 12.8. The van der Waals surface area contributed by atoms with Gasteiger partial charge in [-0.15, -0.1) is 0 Å². The zero-order chi connectivity index (χ0) is 10.6. The number of rotatable bonds is 2. The number of morpholine rings is 1. The van der Waals surface area contributed by atoms with Crippen molar-refractivity contribution in [1.82, 2.24) is 4.90 Å². The van der Waals surface area contributed by atoms with Crippen molar-refractivity contribution in [1.29, 1.82) is 0 Å². The second-order valence-electron chi connectivity index (χ2n) is 4.95. The summed E-state index contributed by atoms with van der Waals surface area (Å²) in [6, 6.07) is 0. The van der Waals surface area contributed by atoms with Gasteiger partial charge in [-0.2, -0.15) is 0 Å². The highest BCUT2D eigenvalue weighted by Gasteiger charge is 2.15. The zero-order valence-electron chi connectivity index (χ0n) is 9.97. The highest BCUT2D eigenvalue weighted by atomic mass is 16.5. The Hall–Kier alpha value is -0.500. The standard InChI is InChI=1S/C12H23NO/c1-5-11(10-12(2,3)4)13-6-8-14-9-7-13/h10H,5-9H2,1-4H3/b11-10+. The zero-order valence-corrected chi connectivity index (χ0v) is 9.97. The van der Waals surface area contributed by atoms with Gasteiger partial charge in [-0.25, -0.2) is 0 Å². The number of allylic oxidation sites excluding steroid dienone is 2. The van der Waals surface area contributed by atoms with E-state index in [9.17, 15) is 0 Å². The molecule has 0 N–H and O–H groups in total. The number of hydrogen-bond acceptors (Lipinski definition) is 2. The molecule has 2 heteroatoms. The Labute approximate surface area is 87.9 Å². The van der Waals surface area contributed by atoms with Gasteiger partial charge in [0.25, 0.3) is 0 Å². The molecule has 0 aromatic rings. The van der Waals surface area contributed by atoms with E-state index in [4.69, 9.17) is 4.74 Å². The fourth-order valence-electron chi connectivity index (χ4n) is 1.77. The molecule has 1 rings (SSSR count). The molecule has 2 nitrogen and oxygen atoms in total. The molecule has 1 heterocycles. The summed E-state index contributed by atoms with van der Waals surface area (Å²) >= 11 is 0. The van der Waals surface area contributed by atoms with Gasteiger partial charge in [0.1, 0.15) is 0 Å². The van der Waals surface area contributed by atoms with Gasteiger partial charge in [0, 0.05) is 18.8 Å². The van der Waals surface area contributed by atoms with Gasteiger partial charge in [0.05, 0.1) is 13.2 Å². The third kappa shape index (κ3) is 3.70. The minimum atomic E-state index is 0.281. The summed E-state index contributed by atoms with van der Waals surface area (Å²) in [5.74, 6) is 0. The van der Waals surface area contributed by atoms with Gasteiger partial charge in [-0.3, -0.25) is 0 Å². The molecule has 1 fully saturated rings. The lowest BCUT2D eigenvalue weighted by atomic mass is 9.94. The van der Waals surface area contributed by atoms with Crippen molar-refractivity contribution < 1.29 is 4.74 Å². The Morgan fingerprint density at radius 3 is 2.29 bits per heavy atom. The van der Waals surface area contributed by atoms with Gasteiger partial charge in [-0.1, -0.05) is 33.8 Å². The van der Waals surface area contributed by atoms with Crippen molar-refractivity contribution >= 4 is 0 Å². The predicted molar refractivity (Wildman–Crippen MR) is 60.2 cm³/mol. The molecule has 0 aromatic carbocycles. The van der Waals surface area contributed by atoms with Crippen LogP contribution < -0.4 is 0 Å². The fraction of sp³-hybridized carbons (Fsp3) is 0.833. The highest BCUT2D eigenvalue weighted by molar-refractivity contribution is 5.06. The summed E-state index contributed by atoms with van der Waals surface area (Å²) in [4.78, 5) is 2.45. The normalized spacial score (nSPS) is 20.0. The minimum absolute atomic E-state index is 0.281. The van der Waals surface area contributed by atoms with Gasteiger partial charge >= 0.3 is 0 Å². The molecule has 0 aromatic heterocycles. The first-order valence-corrected chi connectivity index (χ1v) is 5.57. The number of hydrogen-bond donors (Lipinski definition) is 0. The SMILES string of the molecule is CC/C(=C\C(C)(C)C)N1CCOCC1. The average molecular weight is 197 g/mol. The Balaban J connectivity index is 2.64. The molecule has 0 amide bonds. The molecule has 1 aliphatic heterocycles. The Morgan fingerprint density at radius 1 is 1.29 bits per heavy atom. The van der Waals surface area contributed by atoms with Crippen LogP contribution in [0.2, 0.25) is 0 Å². The maximum atomic E-state index is 5.36. The predicted octanol–water partition coefficient (Wildman–Crippen LogP) is 2.66. The molecular weight excluding hydrogens is 174 g/mol. The molecule has 0 spiro atoms. The molecular formula is C12H23NO. The van der Waals surface area contributed by atoms with E-state index in [1.54, 1.807) is 0 Å². The van der Waals surface area contributed by atoms with E-state index in [1.807, 2.05) is 0 Å². The molecule has 0 unspecified atom stereocenters. The van der Waals surface area contributed by atoms with Crippen molar-refractivity contribution in [3.8, 4) is 0 Å². The van der Waals surface area contributed by atoms with Crippen LogP contribution in [0, 0.1) is 5.41 Å². The lowest BCUT2D eigenvalue weighted by Gasteiger charge is -2.32. The molecule has 14 heavy (non-hydrogen) atoms. The Bertz CT molecular complexity index is 197. The quantitative estimate of drug-likeness (QED) is 0.675. The van der Waals surface area contributed by atoms with Crippen molar-refractivity contribution in [2.75, 3.05) is 26.3 Å². The first kappa shape index (κ1) is 11.6. The number of nitrogens with zero attached hydrogens (tertiary/aromatic N) is 1. The van der Waals surface area contributed by atoms with Crippen LogP contribution in [0.4, 0.5) is 0 Å². The lowest BCUT2D eigenvalue weighted by Crippen LogP contribution is -2.35. The van der Waals surface area contributed by atoms with E-state index in [1.165, 1.54) is 5.70 Å². The summed E-state index contributed by atoms with van der Waals surface area (Å²) in [7, 11) is 0. The van der Waals surface area contributed by atoms with Crippen LogP contribution in [-0.2, 0) is 4.74 Å². The van der Waals surface area contributed by atoms with Gasteiger partial charge in [0.2, 0.25) is 0 Å². The van der Waals surface area contributed by atoms with Crippen LogP contribution >= 0.6 is 0 Å². The summed E-state index contributed by atoms with van der Waals surface area (Å²) in [6.07, 6.45) is 3.51. The maximum absolute atomic E-state index is 5.36. The second kappa shape index (κ2) is 4.83. The van der Waals surface area contributed by atoms with E-state index in [-0.39, 0.29) is 5.41 Å². The molecule has 1 aliphatic rings. The van der Waals surface area contributed by atoms with E-state index in [0.29, 0.717) is 0 Å². The van der Waals surface area contributed by atoms with Crippen molar-refractivity contribution in [3.05, 3.63) is 11.8 Å². The van der Waals surface area contributed by atoms with E-state index in [2.05, 4.69) is 38.7 Å². The molecule has 0 saturated carbocycles. The molecule has 0 atom stereocenters. The third-order valence-electron chi connectivity index (χ3n) is 2.38. The first-order valence-electron chi connectivity index (χ1n) is 5.57. The van der Waals surface area contributed by atoms with Gasteiger partial charge in [-0.05, 0) is 11.8 Å². The number of ether oxygens (including phenoxy) is 1. The second-order valence-corrected chi connectivity index (χ2v) is 4.95. The van der Waals surface area contributed by atoms with Crippen molar-refractivity contribution in [2.24, 2.45) is 5.41 Å². The van der Waals surface area contributed by atoms with Crippen LogP contribution in [0.25, 0.3) is 0 Å². The average Bonchev–Trinajstić information content (AvgIpc) is 2.14. The molecule has 1 saturated heterocycles. The van der Waals surface area contributed by atoms with Crippen molar-refractivity contribution in [3.63, 3.8) is 0 Å². The van der Waals surface area contributed by atoms with Crippen LogP contribution in [-0.4, -0.2) is 31.2 Å². The fourth-order valence-corrected chi connectivity index (χ4v) is 1.77. The highest BCUT2D eigenvalue weighted by Crippen LogP contribution is 2.21. The van der Waals surface area contributed by atoms with Crippen LogP contribution in [0.5, 0.6) is 0 Å². The molecule has 0 bridgehead atoms. The lowest BCUT2D eigenvalue weighted by molar-refractivity contribution is 0.0518. The summed E-state index contributed by atoms with van der Waals surface area (Å²) in [5.41, 5.74) is 1.75. The van der Waals surface area contributed by atoms with Crippen LogP contribution in [0.1, 0.15) is 34.1 Å².